The van der Waals surface area contributed by atoms with Crippen LogP contribution in [0.3, 0.4) is 0 Å². The molecule has 1 aliphatic rings. The maximum absolute atomic E-state index is 12.9. The molecule has 0 saturated heterocycles. The van der Waals surface area contributed by atoms with Crippen molar-refractivity contribution in [2.24, 2.45) is 0 Å². The van der Waals surface area contributed by atoms with E-state index in [1.54, 1.807) is 35.5 Å². The SMILES string of the molecule is CC1(C)c2ccc(Cl)cc2C(=O)N1c1cncc(CNS(C)(=O)=O)c1. The van der Waals surface area contributed by atoms with Crippen LogP contribution >= 0.6 is 11.6 Å². The number of rotatable bonds is 4. The van der Waals surface area contributed by atoms with Crippen molar-refractivity contribution in [1.29, 1.82) is 0 Å². The van der Waals surface area contributed by atoms with Crippen molar-refractivity contribution in [3.05, 3.63) is 58.4 Å². The number of amides is 1. The van der Waals surface area contributed by atoms with Crippen LogP contribution in [0.2, 0.25) is 5.02 Å². The molecule has 0 spiro atoms. The summed E-state index contributed by atoms with van der Waals surface area (Å²) >= 11 is 6.04. The van der Waals surface area contributed by atoms with E-state index in [0.717, 1.165) is 11.8 Å². The summed E-state index contributed by atoms with van der Waals surface area (Å²) < 4.78 is 25.0. The van der Waals surface area contributed by atoms with E-state index in [-0.39, 0.29) is 12.5 Å². The summed E-state index contributed by atoms with van der Waals surface area (Å²) in [7, 11) is -3.31. The zero-order valence-electron chi connectivity index (χ0n) is 14.1. The first-order valence-corrected chi connectivity index (χ1v) is 9.90. The zero-order valence-corrected chi connectivity index (χ0v) is 15.6. The largest absolute Gasteiger partial charge is 0.297 e. The molecule has 0 bridgehead atoms. The lowest BCUT2D eigenvalue weighted by Gasteiger charge is -2.32. The molecular weight excluding hydrogens is 362 g/mol. The monoisotopic (exact) mass is 379 g/mol. The summed E-state index contributed by atoms with van der Waals surface area (Å²) in [4.78, 5) is 18.7. The Hall–Kier alpha value is -1.96. The van der Waals surface area contributed by atoms with Gasteiger partial charge in [0.1, 0.15) is 0 Å². The Kier molecular flexibility index (Phi) is 4.35. The summed E-state index contributed by atoms with van der Waals surface area (Å²) in [6.45, 7) is 4.01. The second-order valence-electron chi connectivity index (χ2n) is 6.53. The maximum atomic E-state index is 12.9. The number of nitrogens with one attached hydrogen (secondary N) is 1. The third-order valence-electron chi connectivity index (χ3n) is 4.21. The van der Waals surface area contributed by atoms with Crippen LogP contribution in [0.15, 0.2) is 36.7 Å². The zero-order chi connectivity index (χ0) is 18.4. The molecule has 6 nitrogen and oxygen atoms in total. The molecule has 0 saturated carbocycles. The van der Waals surface area contributed by atoms with E-state index < -0.39 is 15.6 Å². The highest BCUT2D eigenvalue weighted by atomic mass is 35.5. The van der Waals surface area contributed by atoms with Crippen molar-refractivity contribution >= 4 is 33.2 Å². The van der Waals surface area contributed by atoms with Gasteiger partial charge >= 0.3 is 0 Å². The van der Waals surface area contributed by atoms with Gasteiger partial charge in [0, 0.05) is 23.3 Å². The third-order valence-corrected chi connectivity index (χ3v) is 5.11. The topological polar surface area (TPSA) is 79.4 Å². The number of nitrogens with zero attached hydrogens (tertiary/aromatic N) is 2. The van der Waals surface area contributed by atoms with E-state index in [0.29, 0.717) is 21.8 Å². The molecule has 1 N–H and O–H groups in total. The molecule has 1 aromatic heterocycles. The maximum Gasteiger partial charge on any atom is 0.259 e. The smallest absolute Gasteiger partial charge is 0.259 e. The number of sulfonamides is 1. The van der Waals surface area contributed by atoms with E-state index in [2.05, 4.69) is 9.71 Å². The fourth-order valence-electron chi connectivity index (χ4n) is 3.07. The molecule has 0 unspecified atom stereocenters. The predicted octanol–water partition coefficient (Wildman–Crippen LogP) is 2.68. The van der Waals surface area contributed by atoms with E-state index in [1.165, 1.54) is 0 Å². The van der Waals surface area contributed by atoms with Gasteiger partial charge in [-0.2, -0.15) is 0 Å². The van der Waals surface area contributed by atoms with Crippen LogP contribution in [0, 0.1) is 0 Å². The van der Waals surface area contributed by atoms with Crippen LogP contribution in [-0.2, 0) is 22.1 Å². The Bertz CT molecular complexity index is 957. The standard InChI is InChI=1S/C17H18ClN3O3S/c1-17(2)15-5-4-12(18)7-14(15)16(22)21(17)13-6-11(8-19-10-13)9-20-25(3,23)24/h4-8,10,20H,9H2,1-3H3. The average molecular weight is 380 g/mol. The molecule has 3 rings (SSSR count). The highest BCUT2D eigenvalue weighted by Gasteiger charge is 2.44. The normalized spacial score (nSPS) is 16.2. The number of benzene rings is 1. The lowest BCUT2D eigenvalue weighted by atomic mass is 9.93. The summed E-state index contributed by atoms with van der Waals surface area (Å²) in [5.41, 5.74) is 2.16. The third kappa shape index (κ3) is 3.40. The van der Waals surface area contributed by atoms with E-state index in [9.17, 15) is 13.2 Å². The van der Waals surface area contributed by atoms with E-state index in [1.807, 2.05) is 19.9 Å². The molecule has 8 heteroatoms. The van der Waals surface area contributed by atoms with Gasteiger partial charge in [0.15, 0.2) is 0 Å². The van der Waals surface area contributed by atoms with Crippen molar-refractivity contribution in [1.82, 2.24) is 9.71 Å². The van der Waals surface area contributed by atoms with Gasteiger partial charge in [0.2, 0.25) is 10.0 Å². The van der Waals surface area contributed by atoms with Crippen molar-refractivity contribution < 1.29 is 13.2 Å². The quantitative estimate of drug-likeness (QED) is 0.885. The van der Waals surface area contributed by atoms with Gasteiger partial charge in [-0.15, -0.1) is 0 Å². The number of pyridine rings is 1. The fourth-order valence-corrected chi connectivity index (χ4v) is 3.67. The average Bonchev–Trinajstić information content (AvgIpc) is 2.71. The molecule has 2 aromatic rings. The minimum atomic E-state index is -3.31. The molecule has 0 radical (unpaired) electrons. The van der Waals surface area contributed by atoms with Crippen molar-refractivity contribution in [2.75, 3.05) is 11.2 Å². The van der Waals surface area contributed by atoms with Crippen LogP contribution in [0.25, 0.3) is 0 Å². The predicted molar refractivity (Wildman–Crippen MR) is 97.2 cm³/mol. The molecule has 132 valence electrons. The molecule has 1 aromatic carbocycles. The van der Waals surface area contributed by atoms with Gasteiger partial charge in [-0.05, 0) is 43.2 Å². The van der Waals surface area contributed by atoms with Crippen LogP contribution < -0.4 is 9.62 Å². The summed E-state index contributed by atoms with van der Waals surface area (Å²) in [5.74, 6) is -0.155. The number of carbonyl (C=O) groups excluding carboxylic acids is 1. The molecule has 25 heavy (non-hydrogen) atoms. The molecule has 0 aliphatic carbocycles. The number of halogens is 1. The first-order valence-electron chi connectivity index (χ1n) is 7.63. The van der Waals surface area contributed by atoms with Crippen molar-refractivity contribution in [3.63, 3.8) is 0 Å². The number of carbonyl (C=O) groups is 1. The molecule has 1 aliphatic heterocycles. The molecule has 1 amide bonds. The number of hydrogen-bond acceptors (Lipinski definition) is 4. The van der Waals surface area contributed by atoms with Gasteiger partial charge in [-0.25, -0.2) is 13.1 Å². The number of aromatic nitrogens is 1. The van der Waals surface area contributed by atoms with Crippen molar-refractivity contribution in [3.8, 4) is 0 Å². The second-order valence-corrected chi connectivity index (χ2v) is 8.80. The minimum absolute atomic E-state index is 0.112. The minimum Gasteiger partial charge on any atom is -0.297 e. The molecule has 0 fully saturated rings. The second kappa shape index (κ2) is 6.09. The number of anilines is 1. The Balaban J connectivity index is 1.99. The number of fused-ring (bicyclic) bond motifs is 1. The van der Waals surface area contributed by atoms with Gasteiger partial charge in [0.05, 0.1) is 23.7 Å². The van der Waals surface area contributed by atoms with Crippen LogP contribution in [0.1, 0.15) is 35.3 Å². The lowest BCUT2D eigenvalue weighted by molar-refractivity contribution is 0.0982. The summed E-state index contributed by atoms with van der Waals surface area (Å²) in [6.07, 6.45) is 4.26. The molecule has 2 heterocycles. The Morgan fingerprint density at radius 2 is 1.96 bits per heavy atom. The molecule has 0 atom stereocenters. The van der Waals surface area contributed by atoms with Crippen LogP contribution in [-0.4, -0.2) is 25.6 Å². The Morgan fingerprint density at radius 1 is 1.24 bits per heavy atom. The first kappa shape index (κ1) is 17.8. The number of hydrogen-bond donors (Lipinski definition) is 1. The van der Waals surface area contributed by atoms with E-state index >= 15 is 0 Å². The van der Waals surface area contributed by atoms with Crippen molar-refractivity contribution in [2.45, 2.75) is 25.9 Å². The molecular formula is C17H18ClN3O3S. The highest BCUT2D eigenvalue weighted by Crippen LogP contribution is 2.42. The first-order chi connectivity index (χ1) is 11.6. The van der Waals surface area contributed by atoms with Gasteiger partial charge < -0.3 is 0 Å². The van der Waals surface area contributed by atoms with Crippen LogP contribution in [0.4, 0.5) is 5.69 Å². The lowest BCUT2D eigenvalue weighted by Crippen LogP contribution is -2.39. The van der Waals surface area contributed by atoms with Crippen LogP contribution in [0.5, 0.6) is 0 Å². The van der Waals surface area contributed by atoms with Gasteiger partial charge in [-0.3, -0.25) is 14.7 Å². The Morgan fingerprint density at radius 3 is 2.64 bits per heavy atom. The van der Waals surface area contributed by atoms with E-state index in [4.69, 9.17) is 11.6 Å². The summed E-state index contributed by atoms with van der Waals surface area (Å²) in [5, 5.41) is 0.508. The fraction of sp³-hybridized carbons (Fsp3) is 0.294. The Labute approximate surface area is 151 Å². The van der Waals surface area contributed by atoms with Gasteiger partial charge in [-0.1, -0.05) is 17.7 Å². The summed E-state index contributed by atoms with van der Waals surface area (Å²) in [6, 6.07) is 7.06. The highest BCUT2D eigenvalue weighted by molar-refractivity contribution is 7.88. The van der Waals surface area contributed by atoms with Gasteiger partial charge in [0.25, 0.3) is 5.91 Å².